The molecule has 8 nitrogen and oxygen atoms in total. The molecule has 0 aliphatic carbocycles. The van der Waals surface area contributed by atoms with E-state index in [9.17, 15) is 18.0 Å². The standard InChI is InChI=1S/C20H23NO7S/c1-26-17-8-7-14(10-18(17)27-2)11-21-19(22)12-28-20(23)16-6-4-5-15(9-16)13-29(3,24)25/h4-10H,11-13H2,1-3H3,(H,21,22). The lowest BCUT2D eigenvalue weighted by Gasteiger charge is -2.10. The zero-order valence-electron chi connectivity index (χ0n) is 16.4. The van der Waals surface area contributed by atoms with Gasteiger partial charge in [0.05, 0.1) is 25.5 Å². The third-order valence-corrected chi connectivity index (χ3v) is 4.72. The highest BCUT2D eigenvalue weighted by molar-refractivity contribution is 7.89. The van der Waals surface area contributed by atoms with Crippen LogP contribution in [-0.2, 0) is 31.7 Å². The highest BCUT2D eigenvalue weighted by Gasteiger charge is 2.13. The molecule has 0 saturated heterocycles. The number of carbonyl (C=O) groups excluding carboxylic acids is 2. The van der Waals surface area contributed by atoms with E-state index in [2.05, 4.69) is 5.32 Å². The second-order valence-electron chi connectivity index (χ2n) is 6.31. The molecular weight excluding hydrogens is 398 g/mol. The summed E-state index contributed by atoms with van der Waals surface area (Å²) in [7, 11) is -0.171. The molecule has 156 valence electrons. The summed E-state index contributed by atoms with van der Waals surface area (Å²) in [6, 6.07) is 11.3. The predicted molar refractivity (Wildman–Crippen MR) is 107 cm³/mol. The topological polar surface area (TPSA) is 108 Å². The van der Waals surface area contributed by atoms with Crippen LogP contribution in [0.15, 0.2) is 42.5 Å². The van der Waals surface area contributed by atoms with Crippen LogP contribution in [0.3, 0.4) is 0 Å². The van der Waals surface area contributed by atoms with Gasteiger partial charge >= 0.3 is 5.97 Å². The third-order valence-electron chi connectivity index (χ3n) is 3.86. The largest absolute Gasteiger partial charge is 0.493 e. The summed E-state index contributed by atoms with van der Waals surface area (Å²) in [5, 5.41) is 2.65. The Balaban J connectivity index is 1.88. The predicted octanol–water partition coefficient (Wildman–Crippen LogP) is 1.72. The molecular formula is C20H23NO7S. The number of carbonyl (C=O) groups is 2. The maximum atomic E-state index is 12.1. The number of nitrogens with one attached hydrogen (secondary N) is 1. The molecule has 2 aromatic rings. The van der Waals surface area contributed by atoms with Crippen LogP contribution in [0, 0.1) is 0 Å². The van der Waals surface area contributed by atoms with Crippen LogP contribution in [0.5, 0.6) is 11.5 Å². The maximum Gasteiger partial charge on any atom is 0.338 e. The molecule has 29 heavy (non-hydrogen) atoms. The molecule has 0 bridgehead atoms. The number of esters is 1. The van der Waals surface area contributed by atoms with Crippen LogP contribution in [-0.4, -0.2) is 47.4 Å². The van der Waals surface area contributed by atoms with E-state index in [0.717, 1.165) is 11.8 Å². The fourth-order valence-corrected chi connectivity index (χ4v) is 3.33. The van der Waals surface area contributed by atoms with Crippen LogP contribution in [0.2, 0.25) is 0 Å². The molecule has 9 heteroatoms. The zero-order chi connectivity index (χ0) is 21.4. The van der Waals surface area contributed by atoms with Gasteiger partial charge in [0, 0.05) is 12.8 Å². The molecule has 0 aliphatic heterocycles. The number of hydrogen-bond acceptors (Lipinski definition) is 7. The quantitative estimate of drug-likeness (QED) is 0.614. The van der Waals surface area contributed by atoms with E-state index in [0.29, 0.717) is 17.1 Å². The van der Waals surface area contributed by atoms with Crippen LogP contribution in [0.25, 0.3) is 0 Å². The maximum absolute atomic E-state index is 12.1. The van der Waals surface area contributed by atoms with Crippen molar-refractivity contribution in [1.29, 1.82) is 0 Å². The Morgan fingerprint density at radius 2 is 1.69 bits per heavy atom. The molecule has 0 aromatic heterocycles. The SMILES string of the molecule is COc1ccc(CNC(=O)COC(=O)c2cccc(CS(C)(=O)=O)c2)cc1OC. The number of ether oxygens (including phenoxy) is 3. The average Bonchev–Trinajstić information content (AvgIpc) is 2.69. The first kappa shape index (κ1) is 22.2. The molecule has 0 heterocycles. The Kier molecular flexibility index (Phi) is 7.60. The molecule has 0 radical (unpaired) electrons. The van der Waals surface area contributed by atoms with Crippen molar-refractivity contribution in [3.05, 3.63) is 59.2 Å². The van der Waals surface area contributed by atoms with Gasteiger partial charge in [-0.2, -0.15) is 0 Å². The van der Waals surface area contributed by atoms with Crippen molar-refractivity contribution in [3.63, 3.8) is 0 Å². The van der Waals surface area contributed by atoms with Gasteiger partial charge in [0.15, 0.2) is 27.9 Å². The first-order chi connectivity index (χ1) is 13.7. The van der Waals surface area contributed by atoms with Gasteiger partial charge in [0.1, 0.15) is 0 Å². The lowest BCUT2D eigenvalue weighted by Crippen LogP contribution is -2.28. The number of rotatable bonds is 9. The molecule has 2 aromatic carbocycles. The van der Waals surface area contributed by atoms with Gasteiger partial charge in [0.2, 0.25) is 0 Å². The zero-order valence-corrected chi connectivity index (χ0v) is 17.2. The number of methoxy groups -OCH3 is 2. The van der Waals surface area contributed by atoms with Gasteiger partial charge < -0.3 is 19.5 Å². The van der Waals surface area contributed by atoms with E-state index in [1.54, 1.807) is 30.3 Å². The van der Waals surface area contributed by atoms with Gasteiger partial charge in [-0.1, -0.05) is 18.2 Å². The Bertz CT molecular complexity index is 986. The summed E-state index contributed by atoms with van der Waals surface area (Å²) < 4.78 is 38.1. The smallest absolute Gasteiger partial charge is 0.338 e. The van der Waals surface area contributed by atoms with Crippen molar-refractivity contribution in [3.8, 4) is 11.5 Å². The fraction of sp³-hybridized carbons (Fsp3) is 0.300. The highest BCUT2D eigenvalue weighted by atomic mass is 32.2. The number of hydrogen-bond donors (Lipinski definition) is 1. The Morgan fingerprint density at radius 1 is 0.966 bits per heavy atom. The Hall–Kier alpha value is -3.07. The minimum absolute atomic E-state index is 0.179. The van der Waals surface area contributed by atoms with Crippen molar-refractivity contribution in [2.45, 2.75) is 12.3 Å². The molecule has 1 N–H and O–H groups in total. The molecule has 0 saturated carbocycles. The van der Waals surface area contributed by atoms with Gasteiger partial charge in [-0.15, -0.1) is 0 Å². The van der Waals surface area contributed by atoms with Crippen molar-refractivity contribution in [2.24, 2.45) is 0 Å². The van der Waals surface area contributed by atoms with Gasteiger partial charge in [-0.25, -0.2) is 13.2 Å². The minimum Gasteiger partial charge on any atom is -0.493 e. The molecule has 0 fully saturated rings. The summed E-state index contributed by atoms with van der Waals surface area (Å²) in [5.74, 6) is -0.240. The van der Waals surface area contributed by atoms with E-state index in [1.807, 2.05) is 0 Å². The van der Waals surface area contributed by atoms with Crippen molar-refractivity contribution in [2.75, 3.05) is 27.1 Å². The van der Waals surface area contributed by atoms with E-state index in [4.69, 9.17) is 14.2 Å². The van der Waals surface area contributed by atoms with Crippen LogP contribution in [0.1, 0.15) is 21.5 Å². The average molecular weight is 421 g/mol. The van der Waals surface area contributed by atoms with E-state index < -0.39 is 28.3 Å². The van der Waals surface area contributed by atoms with Crippen molar-refractivity contribution < 1.29 is 32.2 Å². The Morgan fingerprint density at radius 3 is 2.34 bits per heavy atom. The fourth-order valence-electron chi connectivity index (χ4n) is 2.55. The van der Waals surface area contributed by atoms with Crippen LogP contribution >= 0.6 is 0 Å². The van der Waals surface area contributed by atoms with Gasteiger partial charge in [-0.05, 0) is 35.4 Å². The first-order valence-corrected chi connectivity index (χ1v) is 10.7. The van der Waals surface area contributed by atoms with Gasteiger partial charge in [0.25, 0.3) is 5.91 Å². The second-order valence-corrected chi connectivity index (χ2v) is 8.45. The lowest BCUT2D eigenvalue weighted by atomic mass is 10.1. The summed E-state index contributed by atoms with van der Waals surface area (Å²) in [5.41, 5.74) is 1.44. The molecule has 0 aliphatic rings. The normalized spacial score (nSPS) is 10.9. The number of sulfone groups is 1. The molecule has 0 unspecified atom stereocenters. The second kappa shape index (κ2) is 9.92. The molecule has 0 atom stereocenters. The molecule has 2 rings (SSSR count). The number of benzene rings is 2. The summed E-state index contributed by atoms with van der Waals surface area (Å²) >= 11 is 0. The Labute approximate surface area is 169 Å². The number of amides is 1. The lowest BCUT2D eigenvalue weighted by molar-refractivity contribution is -0.124. The monoisotopic (exact) mass is 421 g/mol. The van der Waals surface area contributed by atoms with E-state index in [-0.39, 0.29) is 17.9 Å². The minimum atomic E-state index is -3.22. The third kappa shape index (κ3) is 7.11. The summed E-state index contributed by atoms with van der Waals surface area (Å²) in [6.07, 6.45) is 1.11. The molecule has 0 spiro atoms. The van der Waals surface area contributed by atoms with E-state index >= 15 is 0 Å². The molecule has 1 amide bonds. The van der Waals surface area contributed by atoms with Crippen LogP contribution in [0.4, 0.5) is 0 Å². The first-order valence-electron chi connectivity index (χ1n) is 8.63. The highest BCUT2D eigenvalue weighted by Crippen LogP contribution is 2.27. The van der Waals surface area contributed by atoms with Gasteiger partial charge in [-0.3, -0.25) is 4.79 Å². The van der Waals surface area contributed by atoms with Crippen LogP contribution < -0.4 is 14.8 Å². The van der Waals surface area contributed by atoms with Crippen molar-refractivity contribution >= 4 is 21.7 Å². The van der Waals surface area contributed by atoms with E-state index in [1.165, 1.54) is 26.4 Å². The summed E-state index contributed by atoms with van der Waals surface area (Å²) in [6.45, 7) is -0.233. The summed E-state index contributed by atoms with van der Waals surface area (Å²) in [4.78, 5) is 24.1. The van der Waals surface area contributed by atoms with Crippen molar-refractivity contribution in [1.82, 2.24) is 5.32 Å².